The van der Waals surface area contributed by atoms with Gasteiger partial charge in [-0.15, -0.1) is 0 Å². The van der Waals surface area contributed by atoms with E-state index in [2.05, 4.69) is 10.6 Å². The zero-order chi connectivity index (χ0) is 10.6. The smallest absolute Gasteiger partial charge is 0.241 e. The standard InChI is InChI=1S/C10H13FN2O/c1-7(12-2)10(14)13-9-5-3-4-8(11)6-9/h3-7,12H,1-2H3,(H,13,14)/t7-/m1/s1. The Morgan fingerprint density at radius 1 is 1.50 bits per heavy atom. The lowest BCUT2D eigenvalue weighted by Crippen LogP contribution is -2.35. The number of nitrogens with one attached hydrogen (secondary N) is 2. The molecule has 1 aromatic carbocycles. The Kier molecular flexibility index (Phi) is 3.59. The van der Waals surface area contributed by atoms with Gasteiger partial charge in [0.1, 0.15) is 5.82 Å². The van der Waals surface area contributed by atoms with Gasteiger partial charge in [-0.2, -0.15) is 0 Å². The largest absolute Gasteiger partial charge is 0.325 e. The molecule has 1 atom stereocenters. The molecule has 3 nitrogen and oxygen atoms in total. The van der Waals surface area contributed by atoms with E-state index in [0.717, 1.165) is 0 Å². The second-order valence-electron chi connectivity index (χ2n) is 3.01. The van der Waals surface area contributed by atoms with E-state index in [1.165, 1.54) is 12.1 Å². The van der Waals surface area contributed by atoms with Gasteiger partial charge in [-0.3, -0.25) is 4.79 Å². The van der Waals surface area contributed by atoms with Crippen molar-refractivity contribution in [3.05, 3.63) is 30.1 Å². The van der Waals surface area contributed by atoms with Gasteiger partial charge in [0.05, 0.1) is 6.04 Å². The van der Waals surface area contributed by atoms with Crippen LogP contribution in [0, 0.1) is 5.82 Å². The SMILES string of the molecule is CN[C@H](C)C(=O)Nc1cccc(F)c1. The molecular formula is C10H13FN2O. The molecule has 0 unspecified atom stereocenters. The molecule has 0 bridgehead atoms. The highest BCUT2D eigenvalue weighted by atomic mass is 19.1. The summed E-state index contributed by atoms with van der Waals surface area (Å²) in [5, 5.41) is 5.39. The van der Waals surface area contributed by atoms with Crippen LogP contribution in [0.2, 0.25) is 0 Å². The number of hydrogen-bond donors (Lipinski definition) is 2. The van der Waals surface area contributed by atoms with Gasteiger partial charge in [0, 0.05) is 5.69 Å². The minimum absolute atomic E-state index is 0.182. The zero-order valence-electron chi connectivity index (χ0n) is 8.17. The molecule has 0 aliphatic rings. The third-order valence-corrected chi connectivity index (χ3v) is 1.92. The van der Waals surface area contributed by atoms with Crippen molar-refractivity contribution in [3.8, 4) is 0 Å². The molecule has 0 radical (unpaired) electrons. The Bertz CT molecular complexity index is 328. The summed E-state index contributed by atoms with van der Waals surface area (Å²) in [6, 6.07) is 5.51. The van der Waals surface area contributed by atoms with Crippen LogP contribution in [0.25, 0.3) is 0 Å². The van der Waals surface area contributed by atoms with E-state index in [9.17, 15) is 9.18 Å². The summed E-state index contributed by atoms with van der Waals surface area (Å²) in [5.74, 6) is -0.544. The number of likely N-dealkylation sites (N-methyl/N-ethyl adjacent to an activating group) is 1. The zero-order valence-corrected chi connectivity index (χ0v) is 8.17. The number of rotatable bonds is 3. The van der Waals surface area contributed by atoms with Crippen LogP contribution in [-0.2, 0) is 4.79 Å². The fraction of sp³-hybridized carbons (Fsp3) is 0.300. The van der Waals surface area contributed by atoms with Crippen LogP contribution in [0.4, 0.5) is 10.1 Å². The van der Waals surface area contributed by atoms with Crippen molar-refractivity contribution in [2.75, 3.05) is 12.4 Å². The van der Waals surface area contributed by atoms with Crippen molar-refractivity contribution >= 4 is 11.6 Å². The molecule has 0 aliphatic heterocycles. The molecule has 2 N–H and O–H groups in total. The molecule has 4 heteroatoms. The molecule has 0 saturated heterocycles. The highest BCUT2D eigenvalue weighted by molar-refractivity contribution is 5.94. The molecule has 0 saturated carbocycles. The van der Waals surface area contributed by atoms with E-state index in [-0.39, 0.29) is 17.8 Å². The van der Waals surface area contributed by atoms with Gasteiger partial charge in [-0.05, 0) is 32.2 Å². The summed E-state index contributed by atoms with van der Waals surface area (Å²) in [6.07, 6.45) is 0. The van der Waals surface area contributed by atoms with E-state index in [4.69, 9.17) is 0 Å². The van der Waals surface area contributed by atoms with Crippen molar-refractivity contribution in [1.29, 1.82) is 0 Å². The lowest BCUT2D eigenvalue weighted by Gasteiger charge is -2.10. The van der Waals surface area contributed by atoms with Crippen molar-refractivity contribution in [3.63, 3.8) is 0 Å². The summed E-state index contributed by atoms with van der Waals surface area (Å²) in [6.45, 7) is 1.73. The fourth-order valence-corrected chi connectivity index (χ4v) is 0.948. The van der Waals surface area contributed by atoms with Gasteiger partial charge in [-0.25, -0.2) is 4.39 Å². The fourth-order valence-electron chi connectivity index (χ4n) is 0.948. The Morgan fingerprint density at radius 2 is 2.21 bits per heavy atom. The van der Waals surface area contributed by atoms with E-state index in [1.54, 1.807) is 26.1 Å². The number of amides is 1. The van der Waals surface area contributed by atoms with Gasteiger partial charge in [0.2, 0.25) is 5.91 Å². The lowest BCUT2D eigenvalue weighted by molar-refractivity contribution is -0.117. The van der Waals surface area contributed by atoms with Gasteiger partial charge in [0.15, 0.2) is 0 Å². The normalized spacial score (nSPS) is 12.2. The van der Waals surface area contributed by atoms with Crippen molar-refractivity contribution < 1.29 is 9.18 Å². The predicted octanol–water partition coefficient (Wildman–Crippen LogP) is 1.37. The monoisotopic (exact) mass is 196 g/mol. The number of anilines is 1. The third kappa shape index (κ3) is 2.81. The maximum Gasteiger partial charge on any atom is 0.241 e. The van der Waals surface area contributed by atoms with Crippen LogP contribution in [0.5, 0.6) is 0 Å². The van der Waals surface area contributed by atoms with E-state index in [0.29, 0.717) is 5.69 Å². The Morgan fingerprint density at radius 3 is 2.79 bits per heavy atom. The third-order valence-electron chi connectivity index (χ3n) is 1.92. The summed E-state index contributed by atoms with van der Waals surface area (Å²) in [4.78, 5) is 11.4. The predicted molar refractivity (Wildman–Crippen MR) is 53.6 cm³/mol. The molecule has 1 aromatic rings. The first-order valence-corrected chi connectivity index (χ1v) is 4.37. The summed E-state index contributed by atoms with van der Waals surface area (Å²) in [5.41, 5.74) is 0.470. The summed E-state index contributed by atoms with van der Waals surface area (Å²) >= 11 is 0. The highest BCUT2D eigenvalue weighted by Crippen LogP contribution is 2.09. The highest BCUT2D eigenvalue weighted by Gasteiger charge is 2.09. The number of hydrogen-bond acceptors (Lipinski definition) is 2. The molecule has 0 spiro atoms. The van der Waals surface area contributed by atoms with E-state index < -0.39 is 0 Å². The first-order chi connectivity index (χ1) is 6.63. The van der Waals surface area contributed by atoms with Crippen molar-refractivity contribution in [2.24, 2.45) is 0 Å². The van der Waals surface area contributed by atoms with Gasteiger partial charge >= 0.3 is 0 Å². The molecule has 76 valence electrons. The summed E-state index contributed by atoms with van der Waals surface area (Å²) < 4.78 is 12.7. The average Bonchev–Trinajstić information content (AvgIpc) is 2.16. The molecule has 1 rings (SSSR count). The van der Waals surface area contributed by atoms with Gasteiger partial charge in [-0.1, -0.05) is 6.07 Å². The molecule has 0 heterocycles. The quantitative estimate of drug-likeness (QED) is 0.766. The van der Waals surface area contributed by atoms with Crippen molar-refractivity contribution in [1.82, 2.24) is 5.32 Å². The second-order valence-corrected chi connectivity index (χ2v) is 3.01. The maximum atomic E-state index is 12.7. The van der Waals surface area contributed by atoms with Crippen LogP contribution >= 0.6 is 0 Å². The van der Waals surface area contributed by atoms with Crippen LogP contribution in [0.15, 0.2) is 24.3 Å². The Labute approximate surface area is 82.3 Å². The van der Waals surface area contributed by atoms with Crippen LogP contribution < -0.4 is 10.6 Å². The number of halogens is 1. The van der Waals surface area contributed by atoms with E-state index >= 15 is 0 Å². The molecule has 0 fully saturated rings. The number of carbonyl (C=O) groups is 1. The van der Waals surface area contributed by atoms with Crippen LogP contribution in [0.1, 0.15) is 6.92 Å². The molecule has 14 heavy (non-hydrogen) atoms. The molecular weight excluding hydrogens is 183 g/mol. The first kappa shape index (κ1) is 10.7. The minimum atomic E-state index is -0.361. The first-order valence-electron chi connectivity index (χ1n) is 4.37. The molecule has 1 amide bonds. The maximum absolute atomic E-state index is 12.7. The Balaban J connectivity index is 2.65. The lowest BCUT2D eigenvalue weighted by atomic mass is 10.2. The molecule has 0 aromatic heterocycles. The second kappa shape index (κ2) is 4.72. The van der Waals surface area contributed by atoms with Gasteiger partial charge in [0.25, 0.3) is 0 Å². The number of benzene rings is 1. The summed E-state index contributed by atoms with van der Waals surface area (Å²) in [7, 11) is 1.69. The topological polar surface area (TPSA) is 41.1 Å². The van der Waals surface area contributed by atoms with Crippen LogP contribution in [-0.4, -0.2) is 19.0 Å². The number of carbonyl (C=O) groups excluding carboxylic acids is 1. The molecule has 0 aliphatic carbocycles. The van der Waals surface area contributed by atoms with Gasteiger partial charge < -0.3 is 10.6 Å². The van der Waals surface area contributed by atoms with Crippen LogP contribution in [0.3, 0.4) is 0 Å². The minimum Gasteiger partial charge on any atom is -0.325 e. The Hall–Kier alpha value is -1.42. The van der Waals surface area contributed by atoms with E-state index in [1.807, 2.05) is 0 Å². The van der Waals surface area contributed by atoms with Crippen molar-refractivity contribution in [2.45, 2.75) is 13.0 Å². The average molecular weight is 196 g/mol.